The minimum Gasteiger partial charge on any atom is -0.368 e. The summed E-state index contributed by atoms with van der Waals surface area (Å²) in [6, 6.07) is 15.0. The summed E-state index contributed by atoms with van der Waals surface area (Å²) < 4.78 is 12.2. The Kier molecular flexibility index (Phi) is 18.6. The fourth-order valence-electron chi connectivity index (χ4n) is 9.76. The van der Waals surface area contributed by atoms with Crippen molar-refractivity contribution in [2.24, 2.45) is 10.8 Å². The standard InChI is InChI=1S/C51H71N7O8S2/c1-32(52-7)45(60)54-37-21-25-67-41-28-50(3,4)43(57(41)48(37)63)40(59)27-36(34-17-11-9-12-18-34)30-65-23-15-16-24-66-31-39(35-19-13-10-14-20-35)56-47(62)44-51(5,6)29-42-58(44)49(64)38(22-26-68-42)55-46(61)33(2)53-8/h9-14,17-20,32-33,36-39,41-44,52-53H,21-31H2,1-8H3,(H,54,60)(H,55,61)(H,56,62)/t32-,33-,36+,37-,38-,39+,41-,42-,43+,44+/m0/s1. The summed E-state index contributed by atoms with van der Waals surface area (Å²) in [5.41, 5.74) is 0.788. The molecule has 5 amide bonds. The van der Waals surface area contributed by atoms with Crippen LogP contribution in [0.2, 0.25) is 0 Å². The molecular formula is C51H71N7O8S2. The quantitative estimate of drug-likeness (QED) is 0.101. The van der Waals surface area contributed by atoms with Crippen LogP contribution in [0.5, 0.6) is 0 Å². The van der Waals surface area contributed by atoms with E-state index in [1.807, 2.05) is 88.4 Å². The van der Waals surface area contributed by atoms with Crippen molar-refractivity contribution in [2.75, 3.05) is 52.0 Å². The largest absolute Gasteiger partial charge is 0.368 e. The molecule has 4 saturated heterocycles. The van der Waals surface area contributed by atoms with Gasteiger partial charge in [0.2, 0.25) is 29.5 Å². The summed E-state index contributed by atoms with van der Waals surface area (Å²) in [6.07, 6.45) is 2.45. The molecule has 6 rings (SSSR count). The first-order valence-corrected chi connectivity index (χ1v) is 25.9. The summed E-state index contributed by atoms with van der Waals surface area (Å²) in [5.74, 6) is 5.85. The van der Waals surface area contributed by atoms with E-state index in [1.54, 1.807) is 61.3 Å². The van der Waals surface area contributed by atoms with Crippen molar-refractivity contribution in [1.82, 2.24) is 36.4 Å². The van der Waals surface area contributed by atoms with Crippen LogP contribution in [0.3, 0.4) is 0 Å². The third kappa shape index (κ3) is 12.8. The van der Waals surface area contributed by atoms with E-state index in [-0.39, 0.29) is 84.8 Å². The number of carbonyl (C=O) groups is 6. The number of fused-ring (bicyclic) bond motifs is 2. The molecule has 15 nitrogen and oxygen atoms in total. The van der Waals surface area contributed by atoms with Gasteiger partial charge >= 0.3 is 0 Å². The number of ketones is 1. The zero-order valence-electron chi connectivity index (χ0n) is 40.8. The number of hydrogen-bond acceptors (Lipinski definition) is 12. The van der Waals surface area contributed by atoms with Gasteiger partial charge in [-0.05, 0) is 87.1 Å². The first-order chi connectivity index (χ1) is 32.5. The zero-order chi connectivity index (χ0) is 49.2. The summed E-state index contributed by atoms with van der Waals surface area (Å²) in [4.78, 5) is 86.2. The van der Waals surface area contributed by atoms with Gasteiger partial charge in [0, 0.05) is 12.3 Å². The Morgan fingerprint density at radius 1 is 0.691 bits per heavy atom. The second kappa shape index (κ2) is 23.9. The molecule has 4 aliphatic heterocycles. The highest BCUT2D eigenvalue weighted by molar-refractivity contribution is 8.00. The van der Waals surface area contributed by atoms with Crippen molar-refractivity contribution in [1.29, 1.82) is 0 Å². The predicted octanol–water partition coefficient (Wildman–Crippen LogP) is 3.99. The maximum Gasteiger partial charge on any atom is 0.246 e. The molecule has 68 heavy (non-hydrogen) atoms. The molecule has 0 spiro atoms. The second-order valence-electron chi connectivity index (χ2n) is 19.7. The zero-order valence-corrected chi connectivity index (χ0v) is 42.4. The van der Waals surface area contributed by atoms with Crippen LogP contribution in [-0.2, 0) is 38.2 Å². The molecule has 2 aromatic carbocycles. The van der Waals surface area contributed by atoms with Crippen LogP contribution in [0.4, 0.5) is 0 Å². The molecule has 0 unspecified atom stereocenters. The topological polar surface area (TPSA) is 188 Å². The number of hydrogen-bond donors (Lipinski definition) is 5. The molecule has 5 N–H and O–H groups in total. The van der Waals surface area contributed by atoms with Crippen LogP contribution in [0.25, 0.3) is 0 Å². The van der Waals surface area contributed by atoms with Crippen LogP contribution < -0.4 is 26.6 Å². The van der Waals surface area contributed by atoms with Gasteiger partial charge in [0.1, 0.15) is 31.3 Å². The van der Waals surface area contributed by atoms with Crippen LogP contribution >= 0.6 is 23.5 Å². The first-order valence-electron chi connectivity index (χ1n) is 23.8. The van der Waals surface area contributed by atoms with Gasteiger partial charge in [0.05, 0.1) is 48.1 Å². The summed E-state index contributed by atoms with van der Waals surface area (Å²) >= 11 is 3.32. The molecule has 370 valence electrons. The highest BCUT2D eigenvalue weighted by atomic mass is 32.2. The number of nitrogens with zero attached hydrogens (tertiary/aromatic N) is 2. The number of nitrogens with one attached hydrogen (secondary N) is 5. The summed E-state index contributed by atoms with van der Waals surface area (Å²) in [7, 11) is 3.39. The predicted molar refractivity (Wildman–Crippen MR) is 266 cm³/mol. The first kappa shape index (κ1) is 52.9. The minimum absolute atomic E-state index is 0.0419. The second-order valence-corrected chi connectivity index (χ2v) is 22.3. The molecule has 4 aliphatic rings. The van der Waals surface area contributed by atoms with Crippen molar-refractivity contribution in [3.8, 4) is 11.8 Å². The number of rotatable bonds is 19. The van der Waals surface area contributed by atoms with E-state index in [0.29, 0.717) is 37.2 Å². The minimum atomic E-state index is -0.763. The molecule has 0 bridgehead atoms. The lowest BCUT2D eigenvalue weighted by Gasteiger charge is -2.35. The van der Waals surface area contributed by atoms with E-state index < -0.39 is 53.1 Å². The van der Waals surface area contributed by atoms with Gasteiger partial charge < -0.3 is 45.9 Å². The monoisotopic (exact) mass is 973 g/mol. The van der Waals surface area contributed by atoms with Crippen LogP contribution in [0.1, 0.15) is 96.7 Å². The smallest absolute Gasteiger partial charge is 0.246 e. The van der Waals surface area contributed by atoms with E-state index in [2.05, 4.69) is 38.4 Å². The highest BCUT2D eigenvalue weighted by Gasteiger charge is 2.56. The lowest BCUT2D eigenvalue weighted by molar-refractivity contribution is -0.144. The maximum absolute atomic E-state index is 14.5. The van der Waals surface area contributed by atoms with Gasteiger partial charge in [0.25, 0.3) is 0 Å². The number of benzene rings is 2. The Bertz CT molecular complexity index is 2010. The Labute approximate surface area is 410 Å². The maximum atomic E-state index is 14.5. The molecule has 0 aliphatic carbocycles. The lowest BCUT2D eigenvalue weighted by atomic mass is 9.79. The number of likely N-dealkylation sites (N-methyl/N-ethyl adjacent to an activating group) is 2. The van der Waals surface area contributed by atoms with Gasteiger partial charge in [0.15, 0.2) is 5.78 Å². The highest BCUT2D eigenvalue weighted by Crippen LogP contribution is 2.48. The Morgan fingerprint density at radius 2 is 1.15 bits per heavy atom. The van der Waals surface area contributed by atoms with Crippen LogP contribution in [-0.4, -0.2) is 144 Å². The number of carbonyl (C=O) groups excluding carboxylic acids is 6. The number of Topliss-reactive ketones (excluding diaryl/α,β-unsaturated/α-hetero) is 1. The normalized spacial score (nSPS) is 25.8. The van der Waals surface area contributed by atoms with Crippen LogP contribution in [0, 0.1) is 22.7 Å². The Morgan fingerprint density at radius 3 is 1.65 bits per heavy atom. The van der Waals surface area contributed by atoms with Gasteiger partial charge in [-0.15, -0.1) is 23.5 Å². The van der Waals surface area contributed by atoms with Crippen molar-refractivity contribution in [3.63, 3.8) is 0 Å². The molecule has 10 atom stereocenters. The Hall–Kier alpha value is -4.44. The third-order valence-corrected chi connectivity index (χ3v) is 16.3. The van der Waals surface area contributed by atoms with E-state index in [9.17, 15) is 28.8 Å². The molecule has 4 heterocycles. The third-order valence-electron chi connectivity index (χ3n) is 13.8. The SMILES string of the molecule is CN[C@@H](C)C(=O)N[C@H]1CCS[C@H]2CC(C)(C)[C@@H](C(=O)C[C@H](COCC#CCOC[C@@H](NC(=O)[C@H]3N4C(=O)[C@@H](NC(=O)[C@H](C)NC)CCS[C@H]4CC3(C)C)c3ccccc3)c3ccccc3)N2C1=O. The summed E-state index contributed by atoms with van der Waals surface area (Å²) in [6.45, 7) is 12.1. The Balaban J connectivity index is 1.06. The van der Waals surface area contributed by atoms with E-state index in [1.165, 1.54) is 0 Å². The molecular weight excluding hydrogens is 903 g/mol. The van der Waals surface area contributed by atoms with E-state index in [4.69, 9.17) is 9.47 Å². The fraction of sp³-hybridized carbons (Fsp3) is 0.608. The van der Waals surface area contributed by atoms with E-state index in [0.717, 1.165) is 11.1 Å². The average Bonchev–Trinajstić information content (AvgIpc) is 3.64. The molecule has 0 saturated carbocycles. The van der Waals surface area contributed by atoms with Crippen molar-refractivity contribution < 1.29 is 38.2 Å². The van der Waals surface area contributed by atoms with E-state index >= 15 is 0 Å². The number of thioether (sulfide) groups is 2. The van der Waals surface area contributed by atoms with Crippen molar-refractivity contribution in [2.45, 2.75) is 133 Å². The van der Waals surface area contributed by atoms with Crippen LogP contribution in [0.15, 0.2) is 60.7 Å². The molecule has 0 aromatic heterocycles. The fourth-order valence-corrected chi connectivity index (χ4v) is 12.9. The lowest BCUT2D eigenvalue weighted by Crippen LogP contribution is -2.58. The van der Waals surface area contributed by atoms with Crippen molar-refractivity contribution in [3.05, 3.63) is 71.8 Å². The molecule has 4 fully saturated rings. The number of amides is 5. The van der Waals surface area contributed by atoms with Gasteiger partial charge in [-0.1, -0.05) is 100 Å². The van der Waals surface area contributed by atoms with Gasteiger partial charge in [-0.25, -0.2) is 0 Å². The molecule has 17 heteroatoms. The molecule has 2 aromatic rings. The molecule has 0 radical (unpaired) electrons. The summed E-state index contributed by atoms with van der Waals surface area (Å²) in [5, 5.41) is 14.5. The van der Waals surface area contributed by atoms with Gasteiger partial charge in [-0.2, -0.15) is 0 Å². The number of ether oxygens (including phenoxy) is 2. The average molecular weight is 974 g/mol. The van der Waals surface area contributed by atoms with Gasteiger partial charge in [-0.3, -0.25) is 28.8 Å². The van der Waals surface area contributed by atoms with Crippen molar-refractivity contribution >= 4 is 58.8 Å².